The molecule has 2 aromatic carbocycles. The Bertz CT molecular complexity index is 1910. The molecule has 46 heavy (non-hydrogen) atoms. The summed E-state index contributed by atoms with van der Waals surface area (Å²) in [5, 5.41) is 16.4. The first-order chi connectivity index (χ1) is 22.0. The summed E-state index contributed by atoms with van der Waals surface area (Å²) in [7, 11) is -3.65. The third-order valence-corrected chi connectivity index (χ3v) is 11.2. The van der Waals surface area contributed by atoms with Crippen molar-refractivity contribution >= 4 is 67.9 Å². The number of carbonyl (C=O) groups excluding carboxylic acids is 1. The van der Waals surface area contributed by atoms with Crippen molar-refractivity contribution < 1.29 is 13.2 Å². The maximum atomic E-state index is 13.4. The van der Waals surface area contributed by atoms with Crippen LogP contribution in [0.3, 0.4) is 0 Å². The number of nitriles is 1. The Morgan fingerprint density at radius 2 is 1.76 bits per heavy atom. The zero-order valence-electron chi connectivity index (χ0n) is 25.1. The Kier molecular flexibility index (Phi) is 9.07. The van der Waals surface area contributed by atoms with Crippen LogP contribution >= 0.6 is 23.2 Å². The molecule has 1 saturated carbocycles. The van der Waals surface area contributed by atoms with E-state index in [0.717, 1.165) is 12.0 Å². The summed E-state index contributed by atoms with van der Waals surface area (Å²) in [6.45, 7) is 2.63. The number of carbonyl (C=O) groups is 1. The number of rotatable bonds is 8. The lowest BCUT2D eigenvalue weighted by molar-refractivity contribution is -0.122. The summed E-state index contributed by atoms with van der Waals surface area (Å²) in [6.07, 6.45) is 5.65. The van der Waals surface area contributed by atoms with Crippen LogP contribution in [0.5, 0.6) is 0 Å². The summed E-state index contributed by atoms with van der Waals surface area (Å²) in [5.41, 5.74) is 8.40. The molecule has 0 spiro atoms. The molecule has 6 rings (SSSR count). The van der Waals surface area contributed by atoms with Gasteiger partial charge in [-0.2, -0.15) is 14.6 Å². The fraction of sp³-hybridized carbons (Fsp3) is 0.387. The first kappa shape index (κ1) is 32.0. The second kappa shape index (κ2) is 13.0. The molecule has 1 amide bonds. The maximum absolute atomic E-state index is 13.4. The number of aryl methyl sites for hydroxylation is 1. The summed E-state index contributed by atoms with van der Waals surface area (Å²) in [4.78, 5) is 26.3. The Labute approximate surface area is 277 Å². The number of benzene rings is 2. The monoisotopic (exact) mass is 681 g/mol. The van der Waals surface area contributed by atoms with Crippen molar-refractivity contribution in [2.24, 2.45) is 11.7 Å². The average Bonchev–Trinajstić information content (AvgIpc) is 3.40. The van der Waals surface area contributed by atoms with E-state index >= 15 is 0 Å². The number of amides is 1. The fourth-order valence-electron chi connectivity index (χ4n) is 6.20. The van der Waals surface area contributed by atoms with Crippen LogP contribution in [0.25, 0.3) is 11.2 Å². The molecular formula is C31H33Cl2N9O3S. The third-order valence-electron chi connectivity index (χ3n) is 8.68. The van der Waals surface area contributed by atoms with Gasteiger partial charge >= 0.3 is 0 Å². The number of sulfonamides is 1. The molecule has 2 aromatic heterocycles. The van der Waals surface area contributed by atoms with Crippen molar-refractivity contribution in [3.8, 4) is 6.07 Å². The molecule has 3 heterocycles. The van der Waals surface area contributed by atoms with E-state index < -0.39 is 10.0 Å². The first-order valence-electron chi connectivity index (χ1n) is 15.1. The van der Waals surface area contributed by atoms with E-state index in [4.69, 9.17) is 38.9 Å². The maximum Gasteiger partial charge on any atom is 0.243 e. The molecule has 240 valence electrons. The Morgan fingerprint density at radius 1 is 1.07 bits per heavy atom. The molecule has 0 radical (unpaired) electrons. The van der Waals surface area contributed by atoms with Crippen molar-refractivity contribution in [2.75, 3.05) is 23.7 Å². The summed E-state index contributed by atoms with van der Waals surface area (Å²) in [5.74, 6) is 0.288. The molecular weight excluding hydrogens is 649 g/mol. The van der Waals surface area contributed by atoms with Gasteiger partial charge in [-0.25, -0.2) is 18.4 Å². The first-order valence-corrected chi connectivity index (χ1v) is 17.3. The smallest absolute Gasteiger partial charge is 0.243 e. The lowest BCUT2D eigenvalue weighted by Gasteiger charge is -2.32. The lowest BCUT2D eigenvalue weighted by Crippen LogP contribution is -2.45. The van der Waals surface area contributed by atoms with Crippen molar-refractivity contribution in [1.82, 2.24) is 23.8 Å². The minimum absolute atomic E-state index is 0.0633. The van der Waals surface area contributed by atoms with Gasteiger partial charge in [0.15, 0.2) is 5.65 Å². The van der Waals surface area contributed by atoms with Crippen LogP contribution in [-0.2, 0) is 14.8 Å². The van der Waals surface area contributed by atoms with Gasteiger partial charge in [-0.15, -0.1) is 0 Å². The second-order valence-corrected chi connectivity index (χ2v) is 14.6. The number of hydrogen-bond donors (Lipinski definition) is 3. The van der Waals surface area contributed by atoms with Gasteiger partial charge in [0.2, 0.25) is 27.8 Å². The zero-order chi connectivity index (χ0) is 32.6. The fourth-order valence-corrected chi connectivity index (χ4v) is 8.31. The van der Waals surface area contributed by atoms with E-state index in [1.807, 2.05) is 17.6 Å². The average molecular weight is 683 g/mol. The molecule has 1 saturated heterocycles. The van der Waals surface area contributed by atoms with Crippen LogP contribution in [0, 0.1) is 24.2 Å². The molecule has 1 atom stereocenters. The molecule has 0 bridgehead atoms. The Balaban J connectivity index is 1.30. The van der Waals surface area contributed by atoms with Gasteiger partial charge in [0, 0.05) is 31.1 Å². The highest BCUT2D eigenvalue weighted by Crippen LogP contribution is 2.39. The highest BCUT2D eigenvalue weighted by atomic mass is 35.5. The number of piperidine rings is 1. The Morgan fingerprint density at radius 3 is 2.41 bits per heavy atom. The molecule has 2 aliphatic rings. The van der Waals surface area contributed by atoms with Gasteiger partial charge in [0.1, 0.15) is 5.52 Å². The zero-order valence-corrected chi connectivity index (χ0v) is 27.4. The van der Waals surface area contributed by atoms with Gasteiger partial charge in [0.25, 0.3) is 0 Å². The number of hydrogen-bond acceptors (Lipinski definition) is 9. The molecule has 2 fully saturated rings. The number of halogens is 2. The van der Waals surface area contributed by atoms with Gasteiger partial charge in [0.05, 0.1) is 38.5 Å². The molecule has 1 aliphatic carbocycles. The highest BCUT2D eigenvalue weighted by molar-refractivity contribution is 7.89. The molecule has 4 aromatic rings. The number of fused-ring (bicyclic) bond motifs is 1. The third kappa shape index (κ3) is 6.48. The summed E-state index contributed by atoms with van der Waals surface area (Å²) >= 11 is 13.0. The summed E-state index contributed by atoms with van der Waals surface area (Å²) in [6, 6.07) is 11.7. The van der Waals surface area contributed by atoms with Gasteiger partial charge in [-0.1, -0.05) is 40.9 Å². The van der Waals surface area contributed by atoms with Gasteiger partial charge < -0.3 is 16.4 Å². The van der Waals surface area contributed by atoms with Crippen molar-refractivity contribution in [1.29, 1.82) is 5.26 Å². The summed E-state index contributed by atoms with van der Waals surface area (Å²) < 4.78 is 30.2. The van der Waals surface area contributed by atoms with Crippen LogP contribution < -0.4 is 16.4 Å². The number of aromatic nitrogens is 4. The minimum atomic E-state index is -3.65. The molecule has 0 unspecified atom stereocenters. The van der Waals surface area contributed by atoms with Crippen molar-refractivity contribution in [3.63, 3.8) is 0 Å². The molecule has 12 nitrogen and oxygen atoms in total. The minimum Gasteiger partial charge on any atom is -0.369 e. The largest absolute Gasteiger partial charge is 0.369 e. The van der Waals surface area contributed by atoms with Crippen molar-refractivity contribution in [3.05, 3.63) is 63.8 Å². The van der Waals surface area contributed by atoms with Crippen LogP contribution in [-0.4, -0.2) is 57.3 Å². The van der Waals surface area contributed by atoms with E-state index in [1.54, 1.807) is 30.5 Å². The molecule has 15 heteroatoms. The molecule has 4 N–H and O–H groups in total. The standard InChI is InChI=1S/C31H33Cl2N9O3S/c1-18-4-10-23(11-5-18)46(44,45)41-12-2-3-21(17-41)37-30-36-16-26-29(40-30)42(22-8-6-20(7-9-22)28(35)43)31(38-26)39-27-24(32)13-19(15-34)14-25(27)33/h4-5,10-11,13-14,16,20-22H,2-3,6-9,12,17H2,1H3,(H2,35,43)(H,38,39)(H,36,37,40)/t20?,21-,22?/m1/s1. The second-order valence-electron chi connectivity index (χ2n) is 11.8. The van der Waals surface area contributed by atoms with E-state index in [0.29, 0.717) is 73.0 Å². The predicted molar refractivity (Wildman–Crippen MR) is 177 cm³/mol. The molecule has 1 aliphatic heterocycles. The van der Waals surface area contributed by atoms with Gasteiger partial charge in [-0.3, -0.25) is 9.36 Å². The number of nitrogens with one attached hydrogen (secondary N) is 2. The predicted octanol–water partition coefficient (Wildman–Crippen LogP) is 5.54. The number of imidazole rings is 1. The van der Waals surface area contributed by atoms with Gasteiger partial charge in [-0.05, 0) is 69.7 Å². The number of anilines is 3. The normalized spacial score (nSPS) is 20.7. The quantitative estimate of drug-likeness (QED) is 0.216. The lowest BCUT2D eigenvalue weighted by atomic mass is 9.85. The van der Waals surface area contributed by atoms with E-state index in [9.17, 15) is 18.5 Å². The van der Waals surface area contributed by atoms with E-state index in [1.165, 1.54) is 16.4 Å². The SMILES string of the molecule is Cc1ccc(S(=O)(=O)N2CCC[C@@H](Nc3ncc4nc(Nc5c(Cl)cc(C#N)cc5Cl)n(C5CCC(C(N)=O)CC5)c4n3)C2)cc1. The van der Waals surface area contributed by atoms with Crippen LogP contribution in [0.15, 0.2) is 47.5 Å². The number of primary amides is 1. The number of nitrogens with zero attached hydrogens (tertiary/aromatic N) is 6. The topological polar surface area (TPSA) is 172 Å². The van der Waals surface area contributed by atoms with Crippen LogP contribution in [0.1, 0.15) is 55.7 Å². The van der Waals surface area contributed by atoms with E-state index in [-0.39, 0.29) is 45.4 Å². The highest BCUT2D eigenvalue weighted by Gasteiger charge is 2.32. The number of nitrogens with two attached hydrogens (primary N) is 1. The Hall–Kier alpha value is -3.96. The van der Waals surface area contributed by atoms with Crippen LogP contribution in [0.2, 0.25) is 10.0 Å². The van der Waals surface area contributed by atoms with Crippen LogP contribution in [0.4, 0.5) is 17.6 Å². The van der Waals surface area contributed by atoms with E-state index in [2.05, 4.69) is 15.6 Å². The van der Waals surface area contributed by atoms with Crippen molar-refractivity contribution in [2.45, 2.75) is 62.4 Å².